The summed E-state index contributed by atoms with van der Waals surface area (Å²) < 4.78 is 0. The van der Waals surface area contributed by atoms with Gasteiger partial charge in [-0.25, -0.2) is 0 Å². The Balaban J connectivity index is 1.84. The van der Waals surface area contributed by atoms with E-state index in [1.165, 1.54) is 49.7 Å². The molecule has 0 bridgehead atoms. The Morgan fingerprint density at radius 1 is 0.742 bits per heavy atom. The van der Waals surface area contributed by atoms with E-state index in [1.54, 1.807) is 0 Å². The summed E-state index contributed by atoms with van der Waals surface area (Å²) in [6.07, 6.45) is 4.13. The van der Waals surface area contributed by atoms with Crippen molar-refractivity contribution in [3.63, 3.8) is 0 Å². The van der Waals surface area contributed by atoms with Crippen LogP contribution in [0.1, 0.15) is 45.7 Å². The number of benzene rings is 3. The maximum Gasteiger partial charge on any atom is 0.0792 e. The zero-order valence-electron chi connectivity index (χ0n) is 19.3. The first-order valence-corrected chi connectivity index (χ1v) is 11.4. The molecule has 1 aliphatic carbocycles. The number of nitrogens with zero attached hydrogens (tertiary/aromatic N) is 1. The Kier molecular flexibility index (Phi) is 4.73. The number of rotatable bonds is 3. The van der Waals surface area contributed by atoms with Crippen LogP contribution in [0.25, 0.3) is 44.3 Å². The Bertz CT molecular complexity index is 1290. The lowest BCUT2D eigenvalue weighted by Crippen LogP contribution is -2.09. The molecule has 3 aromatic carbocycles. The molecular weight excluding hydrogens is 374 g/mol. The molecule has 1 heterocycles. The summed E-state index contributed by atoms with van der Waals surface area (Å²) in [6.45, 7) is 11.5. The molecule has 0 radical (unpaired) electrons. The molecule has 156 valence electrons. The number of fused-ring (bicyclic) bond motifs is 5. The molecule has 1 heteroatoms. The standard InChI is InChI=1S/C30H31N/c1-19(2)14-21-15-22-12-13-31-29-25-11-10-20(18-30(3,4)5)16-26(25)23-8-6-7-9-24(23)27(17-21)28(22)29/h6-13,15-17,19H,14,18H2,1-5H3. The van der Waals surface area contributed by atoms with Gasteiger partial charge in [-0.15, -0.1) is 0 Å². The fraction of sp³-hybridized carbons (Fsp3) is 0.300. The highest BCUT2D eigenvalue weighted by Gasteiger charge is 2.23. The molecule has 0 N–H and O–H groups in total. The molecule has 0 saturated heterocycles. The average molecular weight is 406 g/mol. The fourth-order valence-electron chi connectivity index (χ4n) is 5.08. The van der Waals surface area contributed by atoms with Crippen molar-refractivity contribution in [1.82, 2.24) is 4.98 Å². The predicted molar refractivity (Wildman–Crippen MR) is 133 cm³/mol. The minimum atomic E-state index is 0.255. The third kappa shape index (κ3) is 3.67. The summed E-state index contributed by atoms with van der Waals surface area (Å²) >= 11 is 0. The number of aromatic nitrogens is 1. The van der Waals surface area contributed by atoms with E-state index in [9.17, 15) is 0 Å². The second kappa shape index (κ2) is 7.34. The minimum Gasteiger partial charge on any atom is -0.256 e. The van der Waals surface area contributed by atoms with Crippen molar-refractivity contribution in [2.75, 3.05) is 0 Å². The van der Waals surface area contributed by atoms with Gasteiger partial charge in [-0.2, -0.15) is 0 Å². The third-order valence-electron chi connectivity index (χ3n) is 6.15. The first kappa shape index (κ1) is 20.0. The molecule has 0 fully saturated rings. The lowest BCUT2D eigenvalue weighted by atomic mass is 9.85. The number of hydrogen-bond donors (Lipinski definition) is 0. The number of hydrogen-bond acceptors (Lipinski definition) is 1. The van der Waals surface area contributed by atoms with Crippen LogP contribution in [0.15, 0.2) is 66.9 Å². The van der Waals surface area contributed by atoms with Gasteiger partial charge in [-0.1, -0.05) is 89.2 Å². The summed E-state index contributed by atoms with van der Waals surface area (Å²) in [4.78, 5) is 4.92. The second-order valence-electron chi connectivity index (χ2n) is 10.7. The van der Waals surface area contributed by atoms with Crippen LogP contribution in [-0.2, 0) is 12.8 Å². The first-order valence-electron chi connectivity index (χ1n) is 11.4. The largest absolute Gasteiger partial charge is 0.256 e. The molecule has 0 spiro atoms. The molecule has 0 saturated carbocycles. The van der Waals surface area contributed by atoms with Gasteiger partial charge in [-0.3, -0.25) is 4.98 Å². The van der Waals surface area contributed by atoms with Gasteiger partial charge < -0.3 is 0 Å². The molecule has 0 aliphatic heterocycles. The van der Waals surface area contributed by atoms with Gasteiger partial charge in [0.15, 0.2) is 0 Å². The van der Waals surface area contributed by atoms with Crippen LogP contribution in [0.4, 0.5) is 0 Å². The van der Waals surface area contributed by atoms with Crippen LogP contribution in [0, 0.1) is 11.3 Å². The van der Waals surface area contributed by atoms with Gasteiger partial charge in [0.25, 0.3) is 0 Å². The average Bonchev–Trinajstić information content (AvgIpc) is 2.81. The molecule has 4 aromatic rings. The highest BCUT2D eigenvalue weighted by atomic mass is 14.7. The van der Waals surface area contributed by atoms with Crippen LogP contribution in [0.5, 0.6) is 0 Å². The molecule has 31 heavy (non-hydrogen) atoms. The van der Waals surface area contributed by atoms with E-state index in [4.69, 9.17) is 4.98 Å². The first-order chi connectivity index (χ1) is 14.8. The van der Waals surface area contributed by atoms with Gasteiger partial charge in [-0.05, 0) is 69.0 Å². The quantitative estimate of drug-likeness (QED) is 0.294. The van der Waals surface area contributed by atoms with E-state index in [1.807, 2.05) is 6.20 Å². The Hall–Kier alpha value is -2.93. The van der Waals surface area contributed by atoms with Crippen molar-refractivity contribution >= 4 is 10.8 Å². The lowest BCUT2D eigenvalue weighted by Gasteiger charge is -2.20. The highest BCUT2D eigenvalue weighted by molar-refractivity contribution is 6.12. The summed E-state index contributed by atoms with van der Waals surface area (Å²) in [6, 6.07) is 22.8. The van der Waals surface area contributed by atoms with E-state index in [2.05, 4.69) is 95.3 Å². The Morgan fingerprint density at radius 3 is 2.16 bits per heavy atom. The number of pyridine rings is 1. The summed E-state index contributed by atoms with van der Waals surface area (Å²) in [5.74, 6) is 0.629. The summed E-state index contributed by atoms with van der Waals surface area (Å²) in [5.41, 5.74) is 10.7. The van der Waals surface area contributed by atoms with Crippen molar-refractivity contribution in [1.29, 1.82) is 0 Å². The van der Waals surface area contributed by atoms with E-state index in [0.29, 0.717) is 5.92 Å². The van der Waals surface area contributed by atoms with Gasteiger partial charge >= 0.3 is 0 Å². The van der Waals surface area contributed by atoms with Crippen LogP contribution < -0.4 is 0 Å². The highest BCUT2D eigenvalue weighted by Crippen LogP contribution is 2.47. The lowest BCUT2D eigenvalue weighted by molar-refractivity contribution is 0.411. The van der Waals surface area contributed by atoms with E-state index >= 15 is 0 Å². The van der Waals surface area contributed by atoms with Gasteiger partial charge in [0.2, 0.25) is 0 Å². The SMILES string of the molecule is CC(C)Cc1cc2c3c(nccc3c1)-c1ccc(CC(C)(C)C)cc1-c1ccccc1-2. The van der Waals surface area contributed by atoms with Crippen molar-refractivity contribution in [2.24, 2.45) is 11.3 Å². The topological polar surface area (TPSA) is 12.9 Å². The molecule has 1 aliphatic rings. The molecule has 1 nitrogen and oxygen atoms in total. The molecular formula is C30H31N. The normalized spacial score (nSPS) is 12.6. The fourth-order valence-corrected chi connectivity index (χ4v) is 5.08. The van der Waals surface area contributed by atoms with Gasteiger partial charge in [0.05, 0.1) is 5.69 Å². The third-order valence-corrected chi connectivity index (χ3v) is 6.15. The molecule has 5 rings (SSSR count). The van der Waals surface area contributed by atoms with Crippen molar-refractivity contribution < 1.29 is 0 Å². The van der Waals surface area contributed by atoms with Crippen molar-refractivity contribution in [3.8, 4) is 33.5 Å². The van der Waals surface area contributed by atoms with Crippen LogP contribution in [0.3, 0.4) is 0 Å². The van der Waals surface area contributed by atoms with E-state index in [0.717, 1.165) is 18.5 Å². The molecule has 1 aromatic heterocycles. The summed E-state index contributed by atoms with van der Waals surface area (Å²) in [5, 5.41) is 2.57. The maximum atomic E-state index is 4.92. The van der Waals surface area contributed by atoms with Crippen molar-refractivity contribution in [3.05, 3.63) is 78.0 Å². The van der Waals surface area contributed by atoms with E-state index < -0.39 is 0 Å². The van der Waals surface area contributed by atoms with Crippen LogP contribution in [-0.4, -0.2) is 4.98 Å². The molecule has 0 unspecified atom stereocenters. The second-order valence-corrected chi connectivity index (χ2v) is 10.7. The van der Waals surface area contributed by atoms with Crippen molar-refractivity contribution in [2.45, 2.75) is 47.5 Å². The van der Waals surface area contributed by atoms with Crippen LogP contribution in [0.2, 0.25) is 0 Å². The Morgan fingerprint density at radius 2 is 1.45 bits per heavy atom. The van der Waals surface area contributed by atoms with E-state index in [-0.39, 0.29) is 5.41 Å². The Labute approximate surface area is 186 Å². The zero-order valence-corrected chi connectivity index (χ0v) is 19.3. The monoisotopic (exact) mass is 405 g/mol. The molecule has 0 amide bonds. The minimum absolute atomic E-state index is 0.255. The maximum absolute atomic E-state index is 4.92. The van der Waals surface area contributed by atoms with Gasteiger partial charge in [0, 0.05) is 17.1 Å². The predicted octanol–water partition coefficient (Wildman–Crippen LogP) is 8.34. The zero-order chi connectivity index (χ0) is 21.8. The van der Waals surface area contributed by atoms with Crippen LogP contribution >= 0.6 is 0 Å². The smallest absolute Gasteiger partial charge is 0.0792 e. The van der Waals surface area contributed by atoms with Gasteiger partial charge in [0.1, 0.15) is 0 Å². The summed E-state index contributed by atoms with van der Waals surface area (Å²) in [7, 11) is 0. The molecule has 0 atom stereocenters.